The van der Waals surface area contributed by atoms with E-state index < -0.39 is 0 Å². The minimum Gasteiger partial charge on any atom is -0.365 e. The molecule has 0 radical (unpaired) electrons. The summed E-state index contributed by atoms with van der Waals surface area (Å²) in [5.41, 5.74) is 11.2. The number of aryl methyl sites for hydroxylation is 2. The van der Waals surface area contributed by atoms with Crippen LogP contribution in [0.15, 0.2) is 60.2 Å². The molecule has 0 spiro atoms. The number of benzene rings is 2. The van der Waals surface area contributed by atoms with E-state index in [-0.39, 0.29) is 6.04 Å². The van der Waals surface area contributed by atoms with Crippen LogP contribution in [0.2, 0.25) is 5.02 Å². The molecule has 4 nitrogen and oxygen atoms in total. The molecule has 0 aliphatic carbocycles. The molecule has 0 amide bonds. The zero-order valence-electron chi connectivity index (χ0n) is 21.6. The molecule has 35 heavy (non-hydrogen) atoms. The highest BCUT2D eigenvalue weighted by Gasteiger charge is 2.25. The van der Waals surface area contributed by atoms with Crippen LogP contribution in [0.5, 0.6) is 0 Å². The van der Waals surface area contributed by atoms with Gasteiger partial charge in [0.25, 0.3) is 0 Å². The Morgan fingerprint density at radius 2 is 1.63 bits per heavy atom. The number of nitrogens with zero attached hydrogens (tertiary/aromatic N) is 2. The highest BCUT2D eigenvalue weighted by molar-refractivity contribution is 6.30. The Morgan fingerprint density at radius 3 is 2.17 bits per heavy atom. The Hall–Kier alpha value is -2.14. The Kier molecular flexibility index (Phi) is 10.8. The fraction of sp³-hybridized carbons (Fsp3) is 0.500. The molecule has 1 aliphatic heterocycles. The molecule has 1 fully saturated rings. The number of carbonyl (C=O) groups is 1. The van der Waals surface area contributed by atoms with Gasteiger partial charge in [0.2, 0.25) is 0 Å². The third-order valence-corrected chi connectivity index (χ3v) is 7.25. The first-order valence-electron chi connectivity index (χ1n) is 13.0. The summed E-state index contributed by atoms with van der Waals surface area (Å²) in [4.78, 5) is 16.0. The Bertz CT molecular complexity index is 929. The second-order valence-corrected chi connectivity index (χ2v) is 10.8. The SMILES string of the molecule is CC(C)=CCN(c1ccc(CCc2ccc(Cl)cc2)cc1)C1CCN(CC(C)CC(N)C=O)CC1. The van der Waals surface area contributed by atoms with E-state index in [0.717, 1.165) is 69.6 Å². The van der Waals surface area contributed by atoms with Crippen LogP contribution in [0, 0.1) is 5.92 Å². The lowest BCUT2D eigenvalue weighted by Crippen LogP contribution is -2.46. The summed E-state index contributed by atoms with van der Waals surface area (Å²) in [7, 11) is 0. The van der Waals surface area contributed by atoms with Crippen LogP contribution in [0.25, 0.3) is 0 Å². The standard InChI is InChI=1S/C30H42ClN3O/c1-23(2)14-19-34(30-15-17-33(18-16-30)21-24(3)20-28(32)22-35)29-12-8-26(9-13-29)5-4-25-6-10-27(31)11-7-25/h6-14,22,24,28,30H,4-5,15-21,32H2,1-3H3. The molecule has 5 heteroatoms. The van der Waals surface area contributed by atoms with E-state index in [1.165, 1.54) is 22.4 Å². The van der Waals surface area contributed by atoms with Crippen LogP contribution in [0.4, 0.5) is 5.69 Å². The van der Waals surface area contributed by atoms with Gasteiger partial charge in [-0.15, -0.1) is 0 Å². The first-order chi connectivity index (χ1) is 16.8. The van der Waals surface area contributed by atoms with Crippen molar-refractivity contribution >= 4 is 23.6 Å². The predicted molar refractivity (Wildman–Crippen MR) is 149 cm³/mol. The van der Waals surface area contributed by atoms with Crippen molar-refractivity contribution in [3.8, 4) is 0 Å². The summed E-state index contributed by atoms with van der Waals surface area (Å²) < 4.78 is 0. The highest BCUT2D eigenvalue weighted by Crippen LogP contribution is 2.26. The maximum atomic E-state index is 10.9. The molecule has 1 aliphatic rings. The molecule has 1 saturated heterocycles. The number of aldehydes is 1. The fourth-order valence-corrected chi connectivity index (χ4v) is 5.12. The van der Waals surface area contributed by atoms with Gasteiger partial charge in [-0.1, -0.05) is 54.4 Å². The van der Waals surface area contributed by atoms with E-state index in [0.29, 0.717) is 12.0 Å². The molecule has 3 rings (SSSR count). The fourth-order valence-electron chi connectivity index (χ4n) is 4.99. The Balaban J connectivity index is 1.58. The minimum absolute atomic E-state index is 0.337. The lowest BCUT2D eigenvalue weighted by atomic mass is 9.98. The van der Waals surface area contributed by atoms with E-state index in [1.54, 1.807) is 0 Å². The summed E-state index contributed by atoms with van der Waals surface area (Å²) in [5, 5.41) is 0.789. The van der Waals surface area contributed by atoms with Gasteiger partial charge in [-0.3, -0.25) is 0 Å². The van der Waals surface area contributed by atoms with Crippen LogP contribution in [0.3, 0.4) is 0 Å². The zero-order valence-corrected chi connectivity index (χ0v) is 22.4. The summed E-state index contributed by atoms with van der Waals surface area (Å²) in [6, 6.07) is 17.5. The van der Waals surface area contributed by atoms with Crippen LogP contribution in [-0.2, 0) is 17.6 Å². The second-order valence-electron chi connectivity index (χ2n) is 10.4. The maximum absolute atomic E-state index is 10.9. The van der Waals surface area contributed by atoms with Crippen molar-refractivity contribution in [1.82, 2.24) is 4.90 Å². The number of hydrogen-bond acceptors (Lipinski definition) is 4. The Morgan fingerprint density at radius 1 is 1.06 bits per heavy atom. The van der Waals surface area contributed by atoms with Crippen molar-refractivity contribution < 1.29 is 4.79 Å². The van der Waals surface area contributed by atoms with Crippen LogP contribution < -0.4 is 10.6 Å². The number of hydrogen-bond donors (Lipinski definition) is 1. The topological polar surface area (TPSA) is 49.6 Å². The van der Waals surface area contributed by atoms with E-state index in [4.69, 9.17) is 17.3 Å². The maximum Gasteiger partial charge on any atom is 0.136 e. The zero-order chi connectivity index (χ0) is 25.2. The second kappa shape index (κ2) is 13.8. The molecule has 2 N–H and O–H groups in total. The van der Waals surface area contributed by atoms with Gasteiger partial charge in [-0.2, -0.15) is 0 Å². The van der Waals surface area contributed by atoms with Gasteiger partial charge >= 0.3 is 0 Å². The lowest BCUT2D eigenvalue weighted by Gasteiger charge is -2.40. The number of likely N-dealkylation sites (tertiary alicyclic amines) is 1. The van der Waals surface area contributed by atoms with Gasteiger partial charge in [-0.25, -0.2) is 0 Å². The minimum atomic E-state index is -0.337. The quantitative estimate of drug-likeness (QED) is 0.293. The number of nitrogens with two attached hydrogens (primary N) is 1. The molecule has 2 aromatic carbocycles. The summed E-state index contributed by atoms with van der Waals surface area (Å²) in [6.45, 7) is 10.7. The average molecular weight is 496 g/mol. The van der Waals surface area contributed by atoms with Gasteiger partial charge in [0.1, 0.15) is 6.29 Å². The third-order valence-electron chi connectivity index (χ3n) is 7.00. The number of piperidine rings is 1. The number of carbonyl (C=O) groups excluding carboxylic acids is 1. The van der Waals surface area contributed by atoms with Crippen molar-refractivity contribution in [3.63, 3.8) is 0 Å². The summed E-state index contributed by atoms with van der Waals surface area (Å²) in [6.07, 6.45) is 8.33. The first kappa shape index (κ1) is 27.4. The van der Waals surface area contributed by atoms with Crippen molar-refractivity contribution in [1.29, 1.82) is 0 Å². The van der Waals surface area contributed by atoms with E-state index >= 15 is 0 Å². The summed E-state index contributed by atoms with van der Waals surface area (Å²) >= 11 is 6.01. The van der Waals surface area contributed by atoms with Crippen molar-refractivity contribution in [2.24, 2.45) is 11.7 Å². The van der Waals surface area contributed by atoms with Crippen LogP contribution in [0.1, 0.15) is 51.2 Å². The van der Waals surface area contributed by atoms with E-state index in [1.807, 2.05) is 12.1 Å². The number of rotatable bonds is 12. The molecular weight excluding hydrogens is 454 g/mol. The first-order valence-corrected chi connectivity index (χ1v) is 13.4. The molecule has 2 unspecified atom stereocenters. The summed E-state index contributed by atoms with van der Waals surface area (Å²) in [5.74, 6) is 0.439. The highest BCUT2D eigenvalue weighted by atomic mass is 35.5. The largest absolute Gasteiger partial charge is 0.365 e. The van der Waals surface area contributed by atoms with Gasteiger partial charge < -0.3 is 20.3 Å². The van der Waals surface area contributed by atoms with Gasteiger partial charge in [0, 0.05) is 42.9 Å². The lowest BCUT2D eigenvalue weighted by molar-refractivity contribution is -0.109. The molecule has 0 aromatic heterocycles. The number of allylic oxidation sites excluding steroid dienone is 1. The Labute approximate surface area is 217 Å². The number of anilines is 1. The van der Waals surface area contributed by atoms with Crippen molar-refractivity contribution in [2.75, 3.05) is 31.1 Å². The van der Waals surface area contributed by atoms with Crippen LogP contribution >= 0.6 is 11.6 Å². The molecule has 1 heterocycles. The van der Waals surface area contributed by atoms with Gasteiger partial charge in [0.15, 0.2) is 0 Å². The molecule has 2 aromatic rings. The van der Waals surface area contributed by atoms with Crippen LogP contribution in [-0.4, -0.2) is 49.4 Å². The van der Waals surface area contributed by atoms with E-state index in [9.17, 15) is 4.79 Å². The average Bonchev–Trinajstić information content (AvgIpc) is 2.85. The van der Waals surface area contributed by atoms with Gasteiger partial charge in [0.05, 0.1) is 6.04 Å². The predicted octanol–water partition coefficient (Wildman–Crippen LogP) is 5.91. The smallest absolute Gasteiger partial charge is 0.136 e. The third kappa shape index (κ3) is 9.10. The molecule has 0 bridgehead atoms. The van der Waals surface area contributed by atoms with E-state index in [2.05, 4.69) is 73.0 Å². The van der Waals surface area contributed by atoms with Gasteiger partial charge in [-0.05, 0) is 87.3 Å². The van der Waals surface area contributed by atoms with Crippen molar-refractivity contribution in [2.45, 2.75) is 65.0 Å². The monoisotopic (exact) mass is 495 g/mol. The molecule has 0 saturated carbocycles. The molecular formula is C30H42ClN3O. The van der Waals surface area contributed by atoms with Crippen molar-refractivity contribution in [3.05, 3.63) is 76.3 Å². The number of halogens is 1. The molecule has 190 valence electrons. The molecule has 2 atom stereocenters. The normalized spacial score (nSPS) is 16.5.